The Morgan fingerprint density at radius 2 is 1.87 bits per heavy atom. The number of amides is 1. The molecule has 1 saturated heterocycles. The van der Waals surface area contributed by atoms with E-state index < -0.39 is 0 Å². The Morgan fingerprint density at radius 3 is 2.57 bits per heavy atom. The summed E-state index contributed by atoms with van der Waals surface area (Å²) < 4.78 is 0. The predicted octanol–water partition coefficient (Wildman–Crippen LogP) is 2.53. The highest BCUT2D eigenvalue weighted by Gasteiger charge is 2.35. The topological polar surface area (TPSA) is 36.9 Å². The standard InChI is InChI=1S/C20H28N2O/c23-20(22(14-15-9-10-15)17-11-12-21-13-17)19-8-4-3-7-18(19)16-5-1-2-6-16/h3-4,7-8,15-17,21H,1-2,5-6,9-14H2/p+1. The highest BCUT2D eigenvalue weighted by Crippen LogP contribution is 2.37. The Kier molecular flexibility index (Phi) is 4.39. The van der Waals surface area contributed by atoms with E-state index in [1.165, 1.54) is 50.6 Å². The molecule has 4 rings (SSSR count). The summed E-state index contributed by atoms with van der Waals surface area (Å²) in [6, 6.07) is 8.88. The second-order valence-electron chi connectivity index (χ2n) is 7.73. The van der Waals surface area contributed by atoms with Gasteiger partial charge in [-0.25, -0.2) is 0 Å². The van der Waals surface area contributed by atoms with Crippen LogP contribution in [0.25, 0.3) is 0 Å². The molecule has 2 saturated carbocycles. The van der Waals surface area contributed by atoms with Crippen molar-refractivity contribution in [3.05, 3.63) is 35.4 Å². The Bertz CT molecular complexity index is 555. The first-order chi connectivity index (χ1) is 11.3. The van der Waals surface area contributed by atoms with Crippen molar-refractivity contribution in [1.29, 1.82) is 0 Å². The second kappa shape index (κ2) is 6.64. The van der Waals surface area contributed by atoms with Crippen molar-refractivity contribution in [1.82, 2.24) is 4.90 Å². The number of nitrogens with zero attached hydrogens (tertiary/aromatic N) is 1. The quantitative estimate of drug-likeness (QED) is 0.891. The molecule has 1 aromatic carbocycles. The predicted molar refractivity (Wildman–Crippen MR) is 91.5 cm³/mol. The van der Waals surface area contributed by atoms with Gasteiger partial charge in [0.1, 0.15) is 0 Å². The number of hydrogen-bond acceptors (Lipinski definition) is 1. The van der Waals surface area contributed by atoms with Gasteiger partial charge in [0.05, 0.1) is 19.1 Å². The first kappa shape index (κ1) is 15.2. The van der Waals surface area contributed by atoms with Crippen LogP contribution in [0.15, 0.2) is 24.3 Å². The van der Waals surface area contributed by atoms with E-state index in [-0.39, 0.29) is 0 Å². The molecule has 3 aliphatic rings. The minimum absolute atomic E-state index is 0.305. The maximum Gasteiger partial charge on any atom is 0.254 e. The SMILES string of the molecule is O=C(c1ccccc1C1CCCC1)N(CC1CC1)C1CC[NH2+]C1. The van der Waals surface area contributed by atoms with Crippen LogP contribution in [0.5, 0.6) is 0 Å². The normalized spacial score (nSPS) is 25.0. The average molecular weight is 313 g/mol. The van der Waals surface area contributed by atoms with Crippen molar-refractivity contribution in [2.75, 3.05) is 19.6 Å². The zero-order valence-corrected chi connectivity index (χ0v) is 14.0. The summed E-state index contributed by atoms with van der Waals surface area (Å²) in [7, 11) is 0. The first-order valence-electron chi connectivity index (χ1n) is 9.54. The van der Waals surface area contributed by atoms with Gasteiger partial charge in [-0.2, -0.15) is 0 Å². The number of benzene rings is 1. The fourth-order valence-electron chi connectivity index (χ4n) is 4.44. The fraction of sp³-hybridized carbons (Fsp3) is 0.650. The molecule has 2 aliphatic carbocycles. The molecule has 3 fully saturated rings. The number of hydrogen-bond donors (Lipinski definition) is 1. The molecule has 3 heteroatoms. The lowest BCUT2D eigenvalue weighted by Crippen LogP contribution is -2.82. The summed E-state index contributed by atoms with van der Waals surface area (Å²) in [5.74, 6) is 1.67. The summed E-state index contributed by atoms with van der Waals surface area (Å²) in [6.07, 6.45) is 8.92. The molecule has 1 atom stereocenters. The summed E-state index contributed by atoms with van der Waals surface area (Å²) in [4.78, 5) is 15.6. The van der Waals surface area contributed by atoms with Crippen LogP contribution in [0.3, 0.4) is 0 Å². The molecule has 0 aromatic heterocycles. The van der Waals surface area contributed by atoms with Gasteiger partial charge in [0.2, 0.25) is 0 Å². The maximum absolute atomic E-state index is 13.4. The Morgan fingerprint density at radius 1 is 1.09 bits per heavy atom. The van der Waals surface area contributed by atoms with E-state index in [4.69, 9.17) is 0 Å². The summed E-state index contributed by atoms with van der Waals surface area (Å²) in [5, 5.41) is 2.36. The van der Waals surface area contributed by atoms with Crippen LogP contribution in [0.1, 0.15) is 66.8 Å². The minimum atomic E-state index is 0.305. The molecule has 23 heavy (non-hydrogen) atoms. The first-order valence-corrected chi connectivity index (χ1v) is 9.54. The van der Waals surface area contributed by atoms with Crippen LogP contribution < -0.4 is 5.32 Å². The van der Waals surface area contributed by atoms with E-state index in [0.29, 0.717) is 17.9 Å². The monoisotopic (exact) mass is 313 g/mol. The molecule has 3 nitrogen and oxygen atoms in total. The lowest BCUT2D eigenvalue weighted by atomic mass is 9.92. The van der Waals surface area contributed by atoms with Crippen molar-refractivity contribution in [3.63, 3.8) is 0 Å². The molecule has 1 unspecified atom stereocenters. The molecule has 0 bridgehead atoms. The summed E-state index contributed by atoms with van der Waals surface area (Å²) in [6.45, 7) is 3.24. The van der Waals surface area contributed by atoms with E-state index in [2.05, 4.69) is 28.4 Å². The van der Waals surface area contributed by atoms with Crippen LogP contribution in [-0.4, -0.2) is 36.5 Å². The Balaban J connectivity index is 1.60. The molecule has 1 amide bonds. The highest BCUT2D eigenvalue weighted by atomic mass is 16.2. The van der Waals surface area contributed by atoms with Gasteiger partial charge >= 0.3 is 0 Å². The largest absolute Gasteiger partial charge is 0.344 e. The molecular formula is C20H29N2O+. The van der Waals surface area contributed by atoms with E-state index in [1.54, 1.807) is 0 Å². The van der Waals surface area contributed by atoms with Gasteiger partial charge in [-0.15, -0.1) is 0 Å². The molecule has 2 N–H and O–H groups in total. The van der Waals surface area contributed by atoms with Crippen molar-refractivity contribution < 1.29 is 10.1 Å². The molecule has 0 spiro atoms. The van der Waals surface area contributed by atoms with E-state index >= 15 is 0 Å². The number of nitrogens with two attached hydrogens (primary N) is 1. The second-order valence-corrected chi connectivity index (χ2v) is 7.73. The van der Waals surface area contributed by atoms with Crippen molar-refractivity contribution in [3.8, 4) is 0 Å². The number of rotatable bonds is 5. The smallest absolute Gasteiger partial charge is 0.254 e. The third-order valence-electron chi connectivity index (χ3n) is 5.98. The van der Waals surface area contributed by atoms with E-state index in [0.717, 1.165) is 31.0 Å². The molecule has 1 heterocycles. The van der Waals surface area contributed by atoms with Gasteiger partial charge in [0.25, 0.3) is 5.91 Å². The zero-order chi connectivity index (χ0) is 15.6. The molecule has 124 valence electrons. The molecule has 0 radical (unpaired) electrons. The lowest BCUT2D eigenvalue weighted by Gasteiger charge is -2.29. The van der Waals surface area contributed by atoms with Crippen LogP contribution in [-0.2, 0) is 0 Å². The van der Waals surface area contributed by atoms with Crippen LogP contribution in [0.4, 0.5) is 0 Å². The lowest BCUT2D eigenvalue weighted by molar-refractivity contribution is -0.637. The Labute approximate surface area is 139 Å². The van der Waals surface area contributed by atoms with Crippen LogP contribution in [0.2, 0.25) is 0 Å². The van der Waals surface area contributed by atoms with Crippen LogP contribution in [0, 0.1) is 5.92 Å². The van der Waals surface area contributed by atoms with Gasteiger partial charge < -0.3 is 10.2 Å². The van der Waals surface area contributed by atoms with E-state index in [9.17, 15) is 4.79 Å². The van der Waals surface area contributed by atoms with Gasteiger partial charge in [-0.3, -0.25) is 4.79 Å². The van der Waals surface area contributed by atoms with E-state index in [1.807, 2.05) is 6.07 Å². The number of carbonyl (C=O) groups is 1. The van der Waals surface area contributed by atoms with Crippen molar-refractivity contribution >= 4 is 5.91 Å². The summed E-state index contributed by atoms with van der Waals surface area (Å²) >= 11 is 0. The summed E-state index contributed by atoms with van der Waals surface area (Å²) in [5.41, 5.74) is 2.31. The van der Waals surface area contributed by atoms with Crippen LogP contribution >= 0.6 is 0 Å². The maximum atomic E-state index is 13.4. The van der Waals surface area contributed by atoms with Crippen molar-refractivity contribution in [2.24, 2.45) is 5.92 Å². The van der Waals surface area contributed by atoms with Gasteiger partial charge in [-0.1, -0.05) is 31.0 Å². The highest BCUT2D eigenvalue weighted by molar-refractivity contribution is 5.96. The van der Waals surface area contributed by atoms with Gasteiger partial charge in [0, 0.05) is 18.5 Å². The third kappa shape index (κ3) is 3.30. The minimum Gasteiger partial charge on any atom is -0.344 e. The van der Waals surface area contributed by atoms with Crippen molar-refractivity contribution in [2.45, 2.75) is 56.9 Å². The van der Waals surface area contributed by atoms with Gasteiger partial charge in [0.15, 0.2) is 0 Å². The molecule has 1 aliphatic heterocycles. The molecule has 1 aromatic rings. The average Bonchev–Trinajstić information content (AvgIpc) is 3.07. The zero-order valence-electron chi connectivity index (χ0n) is 14.0. The number of quaternary nitrogens is 1. The molecular weight excluding hydrogens is 284 g/mol. The number of carbonyl (C=O) groups excluding carboxylic acids is 1. The fourth-order valence-corrected chi connectivity index (χ4v) is 4.44. The Hall–Kier alpha value is -1.35. The van der Waals surface area contributed by atoms with Gasteiger partial charge in [-0.05, 0) is 49.1 Å². The third-order valence-corrected chi connectivity index (χ3v) is 5.98.